The van der Waals surface area contributed by atoms with E-state index < -0.39 is 0 Å². The third-order valence-electron chi connectivity index (χ3n) is 6.56. The van der Waals surface area contributed by atoms with Gasteiger partial charge in [-0.25, -0.2) is 9.97 Å². The topological polar surface area (TPSA) is 59.5 Å². The molecule has 6 nitrogen and oxygen atoms in total. The lowest BCUT2D eigenvalue weighted by Gasteiger charge is -2.29. The van der Waals surface area contributed by atoms with Crippen LogP contribution in [0.3, 0.4) is 0 Å². The molecule has 1 fully saturated rings. The van der Waals surface area contributed by atoms with Crippen LogP contribution in [0.1, 0.15) is 5.56 Å². The number of aromatic nitrogens is 2. The number of morpholine rings is 1. The number of nitrogens with zero attached hydrogens (tertiary/aromatic N) is 3. The van der Waals surface area contributed by atoms with Crippen molar-refractivity contribution in [2.24, 2.45) is 0 Å². The third kappa shape index (κ3) is 5.39. The van der Waals surface area contributed by atoms with Crippen LogP contribution in [0.25, 0.3) is 22.0 Å². The summed E-state index contributed by atoms with van der Waals surface area (Å²) >= 11 is 0. The summed E-state index contributed by atoms with van der Waals surface area (Å²) in [5.74, 6) is 1.60. The second-order valence-electron chi connectivity index (χ2n) is 9.03. The minimum absolute atomic E-state index is 0.541. The largest absolute Gasteiger partial charge is 0.489 e. The molecule has 1 saturated heterocycles. The number of hydrogen-bond donors (Lipinski definition) is 1. The van der Waals surface area contributed by atoms with Crippen LogP contribution in [0.15, 0.2) is 103 Å². The molecule has 0 spiro atoms. The summed E-state index contributed by atoms with van der Waals surface area (Å²) in [4.78, 5) is 11.4. The molecule has 0 unspecified atom stereocenters. The zero-order valence-corrected chi connectivity index (χ0v) is 20.5. The van der Waals surface area contributed by atoms with Gasteiger partial charge in [-0.1, -0.05) is 48.5 Å². The van der Waals surface area contributed by atoms with E-state index >= 15 is 0 Å². The Balaban J connectivity index is 1.22. The van der Waals surface area contributed by atoms with E-state index in [1.165, 1.54) is 11.3 Å². The molecule has 1 aliphatic heterocycles. The van der Waals surface area contributed by atoms with Crippen molar-refractivity contribution in [1.82, 2.24) is 9.97 Å². The van der Waals surface area contributed by atoms with Crippen LogP contribution in [0.2, 0.25) is 0 Å². The highest BCUT2D eigenvalue weighted by Crippen LogP contribution is 2.31. The van der Waals surface area contributed by atoms with Crippen molar-refractivity contribution in [3.05, 3.63) is 109 Å². The average Bonchev–Trinajstić information content (AvgIpc) is 2.98. The molecule has 1 N–H and O–H groups in total. The summed E-state index contributed by atoms with van der Waals surface area (Å²) in [6.45, 7) is 3.91. The molecular formula is C31H28N4O2. The molecule has 0 amide bonds. The van der Waals surface area contributed by atoms with Crippen LogP contribution in [0.5, 0.6) is 5.75 Å². The van der Waals surface area contributed by atoms with Crippen molar-refractivity contribution < 1.29 is 9.47 Å². The van der Waals surface area contributed by atoms with Gasteiger partial charge in [-0.2, -0.15) is 0 Å². The van der Waals surface area contributed by atoms with E-state index in [1.807, 2.05) is 42.5 Å². The number of anilines is 3. The van der Waals surface area contributed by atoms with Crippen molar-refractivity contribution >= 4 is 28.1 Å². The van der Waals surface area contributed by atoms with Crippen molar-refractivity contribution in [1.29, 1.82) is 0 Å². The van der Waals surface area contributed by atoms with E-state index in [4.69, 9.17) is 9.47 Å². The van der Waals surface area contributed by atoms with E-state index in [0.717, 1.165) is 65.6 Å². The molecule has 0 radical (unpaired) electrons. The lowest BCUT2D eigenvalue weighted by atomic mass is 10.0. The number of fused-ring (bicyclic) bond motifs is 1. The Morgan fingerprint density at radius 3 is 2.43 bits per heavy atom. The average molecular weight is 489 g/mol. The number of hydrogen-bond acceptors (Lipinski definition) is 6. The molecule has 4 aromatic carbocycles. The molecule has 2 heterocycles. The smallest absolute Gasteiger partial charge is 0.141 e. The molecule has 0 aliphatic carbocycles. The Hall–Kier alpha value is -4.42. The summed E-state index contributed by atoms with van der Waals surface area (Å²) in [5.41, 5.74) is 6.49. The Morgan fingerprint density at radius 2 is 1.59 bits per heavy atom. The van der Waals surface area contributed by atoms with Gasteiger partial charge in [0.15, 0.2) is 0 Å². The maximum atomic E-state index is 5.92. The van der Waals surface area contributed by atoms with E-state index in [-0.39, 0.29) is 0 Å². The van der Waals surface area contributed by atoms with Crippen molar-refractivity contribution in [3.63, 3.8) is 0 Å². The highest BCUT2D eigenvalue weighted by molar-refractivity contribution is 5.94. The van der Waals surface area contributed by atoms with E-state index in [9.17, 15) is 0 Å². The van der Waals surface area contributed by atoms with Crippen LogP contribution in [0, 0.1) is 0 Å². The number of nitrogens with one attached hydrogen (secondary N) is 1. The van der Waals surface area contributed by atoms with Gasteiger partial charge in [0, 0.05) is 29.9 Å². The Labute approximate surface area is 216 Å². The minimum atomic E-state index is 0.541. The molecule has 6 rings (SSSR count). The molecule has 1 aliphatic rings. The van der Waals surface area contributed by atoms with Gasteiger partial charge >= 0.3 is 0 Å². The van der Waals surface area contributed by atoms with Gasteiger partial charge in [-0.05, 0) is 65.2 Å². The molecule has 5 aromatic rings. The van der Waals surface area contributed by atoms with Gasteiger partial charge in [-0.3, -0.25) is 0 Å². The second kappa shape index (κ2) is 10.7. The fourth-order valence-electron chi connectivity index (χ4n) is 4.55. The summed E-state index contributed by atoms with van der Waals surface area (Å²) in [6, 6.07) is 33.1. The molecule has 0 bridgehead atoms. The Bertz CT molecular complexity index is 1480. The van der Waals surface area contributed by atoms with Crippen LogP contribution >= 0.6 is 0 Å². The first-order chi connectivity index (χ1) is 18.3. The number of benzene rings is 4. The van der Waals surface area contributed by atoms with Crippen LogP contribution in [-0.2, 0) is 11.3 Å². The zero-order valence-electron chi connectivity index (χ0n) is 20.5. The van der Waals surface area contributed by atoms with Gasteiger partial charge in [0.2, 0.25) is 0 Å². The fourth-order valence-corrected chi connectivity index (χ4v) is 4.55. The van der Waals surface area contributed by atoms with Gasteiger partial charge < -0.3 is 19.7 Å². The predicted octanol–water partition coefficient (Wildman–Crippen LogP) is 6.46. The van der Waals surface area contributed by atoms with Gasteiger partial charge in [0.25, 0.3) is 0 Å². The summed E-state index contributed by atoms with van der Waals surface area (Å²) in [6.07, 6.45) is 1.60. The zero-order chi connectivity index (χ0) is 24.9. The third-order valence-corrected chi connectivity index (χ3v) is 6.56. The quantitative estimate of drug-likeness (QED) is 0.284. The lowest BCUT2D eigenvalue weighted by molar-refractivity contribution is 0.122. The molecule has 6 heteroatoms. The number of ether oxygens (including phenoxy) is 2. The number of rotatable bonds is 7. The fraction of sp³-hybridized carbons (Fsp3) is 0.161. The first-order valence-corrected chi connectivity index (χ1v) is 12.5. The molecule has 0 atom stereocenters. The van der Waals surface area contributed by atoms with Gasteiger partial charge in [0.05, 0.1) is 18.7 Å². The first-order valence-electron chi connectivity index (χ1n) is 12.5. The predicted molar refractivity (Wildman–Crippen MR) is 149 cm³/mol. The van der Waals surface area contributed by atoms with Crippen LogP contribution in [-0.4, -0.2) is 36.3 Å². The van der Waals surface area contributed by atoms with Crippen LogP contribution in [0.4, 0.5) is 17.2 Å². The van der Waals surface area contributed by atoms with Crippen molar-refractivity contribution in [2.45, 2.75) is 6.61 Å². The molecule has 184 valence electrons. The summed E-state index contributed by atoms with van der Waals surface area (Å²) in [5, 5.41) is 4.43. The maximum absolute atomic E-state index is 5.92. The standard InChI is InChI=1S/C31H28N4O2/c1-2-5-23(6-3-1)21-37-28-12-10-26(11-13-28)34-31-29-20-25(9-14-30(29)32-22-33-31)24-7-4-8-27(19-24)35-15-17-36-18-16-35/h1-14,19-20,22H,15-18,21H2,(H,32,33,34). The Kier molecular flexibility index (Phi) is 6.64. The lowest BCUT2D eigenvalue weighted by Crippen LogP contribution is -2.36. The van der Waals surface area contributed by atoms with Crippen LogP contribution < -0.4 is 15.0 Å². The SMILES string of the molecule is c1ccc(COc2ccc(Nc3ncnc4ccc(-c5cccc(N6CCOCC6)c5)cc34)cc2)cc1. The first kappa shape index (κ1) is 23.0. The van der Waals surface area contributed by atoms with Gasteiger partial charge in [0.1, 0.15) is 24.5 Å². The van der Waals surface area contributed by atoms with E-state index in [0.29, 0.717) is 6.61 Å². The molecule has 1 aromatic heterocycles. The summed E-state index contributed by atoms with van der Waals surface area (Å²) in [7, 11) is 0. The van der Waals surface area contributed by atoms with Crippen molar-refractivity contribution in [3.8, 4) is 16.9 Å². The van der Waals surface area contributed by atoms with Crippen molar-refractivity contribution in [2.75, 3.05) is 36.5 Å². The molecule has 37 heavy (non-hydrogen) atoms. The maximum Gasteiger partial charge on any atom is 0.141 e. The van der Waals surface area contributed by atoms with E-state index in [1.54, 1.807) is 6.33 Å². The summed E-state index contributed by atoms with van der Waals surface area (Å²) < 4.78 is 11.4. The normalized spacial score (nSPS) is 13.5. The Morgan fingerprint density at radius 1 is 0.784 bits per heavy atom. The molecule has 0 saturated carbocycles. The second-order valence-corrected chi connectivity index (χ2v) is 9.03. The minimum Gasteiger partial charge on any atom is -0.489 e. The highest BCUT2D eigenvalue weighted by Gasteiger charge is 2.13. The monoisotopic (exact) mass is 488 g/mol. The van der Waals surface area contributed by atoms with Gasteiger partial charge in [-0.15, -0.1) is 0 Å². The highest BCUT2D eigenvalue weighted by atomic mass is 16.5. The van der Waals surface area contributed by atoms with E-state index in [2.05, 4.69) is 74.8 Å². The molecular weight excluding hydrogens is 460 g/mol.